The summed E-state index contributed by atoms with van der Waals surface area (Å²) in [5, 5.41) is 12.0. The smallest absolute Gasteiger partial charge is 0.317 e. The van der Waals surface area contributed by atoms with Crippen LogP contribution in [0.2, 0.25) is 0 Å². The van der Waals surface area contributed by atoms with Gasteiger partial charge in [-0.3, -0.25) is 4.79 Å². The molecule has 1 heterocycles. The molecule has 1 fully saturated rings. The van der Waals surface area contributed by atoms with E-state index in [-0.39, 0.29) is 12.6 Å². The predicted molar refractivity (Wildman–Crippen MR) is 68.3 cm³/mol. The van der Waals surface area contributed by atoms with Crippen molar-refractivity contribution in [2.45, 2.75) is 25.5 Å². The molecule has 0 aromatic carbocycles. The van der Waals surface area contributed by atoms with Gasteiger partial charge in [0.05, 0.1) is 5.92 Å². The summed E-state index contributed by atoms with van der Waals surface area (Å²) in [6.07, 6.45) is 0.530. The van der Waals surface area contributed by atoms with Gasteiger partial charge in [-0.15, -0.1) is 0 Å². The molecule has 0 saturated carbocycles. The second-order valence-electron chi connectivity index (χ2n) is 4.26. The largest absolute Gasteiger partial charge is 0.481 e. The Hall–Kier alpha value is -0.910. The monoisotopic (exact) mass is 260 g/mol. The van der Waals surface area contributed by atoms with E-state index in [1.165, 1.54) is 0 Å². The molecule has 98 valence electrons. The van der Waals surface area contributed by atoms with Crippen molar-refractivity contribution in [1.82, 2.24) is 10.2 Å². The first kappa shape index (κ1) is 14.2. The molecule has 0 spiro atoms. The van der Waals surface area contributed by atoms with Gasteiger partial charge in [-0.1, -0.05) is 13.8 Å². The molecular weight excluding hydrogens is 240 g/mol. The van der Waals surface area contributed by atoms with Gasteiger partial charge in [-0.25, -0.2) is 4.79 Å². The van der Waals surface area contributed by atoms with Gasteiger partial charge in [0.1, 0.15) is 0 Å². The first-order chi connectivity index (χ1) is 8.04. The maximum atomic E-state index is 11.8. The van der Waals surface area contributed by atoms with Crippen molar-refractivity contribution in [2.75, 3.05) is 25.4 Å². The minimum Gasteiger partial charge on any atom is -0.481 e. The van der Waals surface area contributed by atoms with Crippen molar-refractivity contribution in [2.24, 2.45) is 5.92 Å². The number of nitrogens with one attached hydrogen (secondary N) is 1. The minimum absolute atomic E-state index is 0.142. The predicted octanol–water partition coefficient (Wildman–Crippen LogP) is 1.24. The Bertz CT molecular complexity index is 286. The normalized spacial score (nSPS) is 22.0. The molecule has 0 aromatic rings. The summed E-state index contributed by atoms with van der Waals surface area (Å²) in [5.74, 6) is -0.393. The van der Waals surface area contributed by atoms with Gasteiger partial charge in [0, 0.05) is 30.6 Å². The quantitative estimate of drug-likeness (QED) is 0.798. The Morgan fingerprint density at radius 3 is 2.82 bits per heavy atom. The van der Waals surface area contributed by atoms with Crippen molar-refractivity contribution < 1.29 is 14.7 Å². The van der Waals surface area contributed by atoms with E-state index in [0.717, 1.165) is 18.8 Å². The van der Waals surface area contributed by atoms with Crippen LogP contribution in [0.25, 0.3) is 0 Å². The van der Waals surface area contributed by atoms with E-state index in [1.807, 2.05) is 18.7 Å². The molecule has 0 radical (unpaired) electrons. The number of thioether (sulfide) groups is 1. The highest BCUT2D eigenvalue weighted by Crippen LogP contribution is 2.17. The van der Waals surface area contributed by atoms with Crippen LogP contribution >= 0.6 is 11.8 Å². The van der Waals surface area contributed by atoms with Crippen LogP contribution in [0.4, 0.5) is 4.79 Å². The number of carboxylic acids is 1. The van der Waals surface area contributed by atoms with Crippen molar-refractivity contribution in [1.29, 1.82) is 0 Å². The lowest BCUT2D eigenvalue weighted by molar-refractivity contribution is -0.141. The zero-order valence-corrected chi connectivity index (χ0v) is 11.1. The van der Waals surface area contributed by atoms with Gasteiger partial charge in [-0.05, 0) is 6.42 Å². The number of carbonyl (C=O) groups excluding carboxylic acids is 1. The number of aliphatic carboxylic acids is 1. The second-order valence-corrected chi connectivity index (χ2v) is 5.80. The standard InChI is InChI=1S/C11H20N2O3S/c1-3-9(10(14)15)6-12-11(16)13-4-5-17-8(2)7-13/h8-9H,3-7H2,1-2H3,(H,12,16)(H,14,15). The molecule has 2 unspecified atom stereocenters. The number of hydrogen-bond donors (Lipinski definition) is 2. The maximum Gasteiger partial charge on any atom is 0.317 e. The van der Waals surface area contributed by atoms with Crippen LogP contribution < -0.4 is 5.32 Å². The van der Waals surface area contributed by atoms with Crippen LogP contribution in [-0.2, 0) is 4.79 Å². The molecule has 5 nitrogen and oxygen atoms in total. The van der Waals surface area contributed by atoms with Crippen LogP contribution in [0.5, 0.6) is 0 Å². The number of nitrogens with zero attached hydrogens (tertiary/aromatic N) is 1. The number of rotatable bonds is 4. The van der Waals surface area contributed by atoms with Gasteiger partial charge in [0.15, 0.2) is 0 Å². The zero-order valence-electron chi connectivity index (χ0n) is 10.3. The first-order valence-electron chi connectivity index (χ1n) is 5.91. The summed E-state index contributed by atoms with van der Waals surface area (Å²) >= 11 is 1.86. The molecule has 2 amide bonds. The van der Waals surface area contributed by atoms with Gasteiger partial charge < -0.3 is 15.3 Å². The number of carboxylic acid groups (broad SMARTS) is 1. The van der Waals surface area contributed by atoms with E-state index >= 15 is 0 Å². The van der Waals surface area contributed by atoms with Crippen LogP contribution in [0.3, 0.4) is 0 Å². The molecule has 2 atom stereocenters. The second kappa shape index (κ2) is 6.74. The molecule has 1 aliphatic heterocycles. The third kappa shape index (κ3) is 4.46. The fraction of sp³-hybridized carbons (Fsp3) is 0.818. The Morgan fingerprint density at radius 1 is 1.59 bits per heavy atom. The van der Waals surface area contributed by atoms with Crippen LogP contribution in [-0.4, -0.2) is 52.6 Å². The van der Waals surface area contributed by atoms with E-state index in [1.54, 1.807) is 4.90 Å². The highest BCUT2D eigenvalue weighted by Gasteiger charge is 2.22. The lowest BCUT2D eigenvalue weighted by Gasteiger charge is -2.30. The third-order valence-electron chi connectivity index (χ3n) is 2.87. The third-order valence-corrected chi connectivity index (χ3v) is 4.01. The molecular formula is C11H20N2O3S. The Morgan fingerprint density at radius 2 is 2.29 bits per heavy atom. The van der Waals surface area contributed by atoms with E-state index in [0.29, 0.717) is 11.7 Å². The Balaban J connectivity index is 2.35. The fourth-order valence-corrected chi connectivity index (χ4v) is 2.74. The molecule has 2 N–H and O–H groups in total. The Labute approximate surface area is 106 Å². The zero-order chi connectivity index (χ0) is 12.8. The van der Waals surface area contributed by atoms with E-state index in [9.17, 15) is 9.59 Å². The molecule has 6 heteroatoms. The molecule has 1 rings (SSSR count). The van der Waals surface area contributed by atoms with Crippen molar-refractivity contribution in [3.8, 4) is 0 Å². The first-order valence-corrected chi connectivity index (χ1v) is 6.96. The van der Waals surface area contributed by atoms with Gasteiger partial charge in [0.2, 0.25) is 0 Å². The number of urea groups is 1. The average molecular weight is 260 g/mol. The summed E-state index contributed by atoms with van der Waals surface area (Å²) in [5.41, 5.74) is 0. The molecule has 0 aliphatic carbocycles. The summed E-state index contributed by atoms with van der Waals surface area (Å²) in [4.78, 5) is 24.4. The molecule has 1 saturated heterocycles. The van der Waals surface area contributed by atoms with Crippen molar-refractivity contribution in [3.05, 3.63) is 0 Å². The van der Waals surface area contributed by atoms with E-state index in [2.05, 4.69) is 12.2 Å². The van der Waals surface area contributed by atoms with Crippen molar-refractivity contribution in [3.63, 3.8) is 0 Å². The van der Waals surface area contributed by atoms with Crippen molar-refractivity contribution >= 4 is 23.8 Å². The summed E-state index contributed by atoms with van der Waals surface area (Å²) in [6.45, 7) is 5.59. The number of carbonyl (C=O) groups is 2. The molecule has 17 heavy (non-hydrogen) atoms. The summed E-state index contributed by atoms with van der Waals surface area (Å²) < 4.78 is 0. The lowest BCUT2D eigenvalue weighted by atomic mass is 10.1. The average Bonchev–Trinajstić information content (AvgIpc) is 2.29. The molecule has 1 aliphatic rings. The topological polar surface area (TPSA) is 69.6 Å². The van der Waals surface area contributed by atoms with Gasteiger partial charge in [-0.2, -0.15) is 11.8 Å². The van der Waals surface area contributed by atoms with Crippen LogP contribution in [0, 0.1) is 5.92 Å². The molecule has 0 aromatic heterocycles. The lowest BCUT2D eigenvalue weighted by Crippen LogP contribution is -2.47. The number of hydrogen-bond acceptors (Lipinski definition) is 3. The van der Waals surface area contributed by atoms with E-state index < -0.39 is 11.9 Å². The van der Waals surface area contributed by atoms with Gasteiger partial charge in [0.25, 0.3) is 0 Å². The fourth-order valence-electron chi connectivity index (χ4n) is 1.73. The maximum absolute atomic E-state index is 11.8. The highest BCUT2D eigenvalue weighted by molar-refractivity contribution is 7.99. The van der Waals surface area contributed by atoms with Crippen LogP contribution in [0.1, 0.15) is 20.3 Å². The Kier molecular flexibility index (Phi) is 5.61. The van der Waals surface area contributed by atoms with Gasteiger partial charge >= 0.3 is 12.0 Å². The summed E-state index contributed by atoms with van der Waals surface area (Å²) in [7, 11) is 0. The van der Waals surface area contributed by atoms with Crippen LogP contribution in [0.15, 0.2) is 0 Å². The molecule has 0 bridgehead atoms. The minimum atomic E-state index is -0.852. The van der Waals surface area contributed by atoms with E-state index in [4.69, 9.17) is 5.11 Å². The SMILES string of the molecule is CCC(CNC(=O)N1CCSC(C)C1)C(=O)O. The summed E-state index contributed by atoms with van der Waals surface area (Å²) in [6, 6.07) is -0.142. The number of amides is 2. The highest BCUT2D eigenvalue weighted by atomic mass is 32.2.